The molecule has 4 saturated heterocycles. The van der Waals surface area contributed by atoms with Gasteiger partial charge in [-0.2, -0.15) is 0 Å². The van der Waals surface area contributed by atoms with Crippen molar-refractivity contribution in [1.29, 1.82) is 0 Å². The highest BCUT2D eigenvalue weighted by Crippen LogP contribution is 2.60. The highest BCUT2D eigenvalue weighted by molar-refractivity contribution is 5.09. The monoisotopic (exact) mass is 415 g/mol. The average Bonchev–Trinajstić information content (AvgIpc) is 2.93. The summed E-state index contributed by atoms with van der Waals surface area (Å²) in [4.78, 5) is 11.9. The summed E-state index contributed by atoms with van der Waals surface area (Å²) in [7, 11) is 0. The van der Waals surface area contributed by atoms with E-state index in [2.05, 4.69) is 19.2 Å². The highest BCUT2D eigenvalue weighted by atomic mass is 17.3. The fourth-order valence-corrected chi connectivity index (χ4v) is 5.83. The van der Waals surface area contributed by atoms with E-state index in [9.17, 15) is 5.11 Å². The molecule has 0 radical (unpaired) electrons. The van der Waals surface area contributed by atoms with Crippen molar-refractivity contribution >= 4 is 0 Å². The van der Waals surface area contributed by atoms with Gasteiger partial charge in [-0.05, 0) is 44.9 Å². The summed E-state index contributed by atoms with van der Waals surface area (Å²) in [6, 6.07) is -0.187. The van der Waals surface area contributed by atoms with Crippen LogP contribution in [0, 0.1) is 23.7 Å². The van der Waals surface area contributed by atoms with Crippen molar-refractivity contribution in [1.82, 2.24) is 5.32 Å². The Morgan fingerprint density at radius 1 is 1.17 bits per heavy atom. The second-order valence-corrected chi connectivity index (χ2v) is 9.64. The lowest BCUT2D eigenvalue weighted by molar-refractivity contribution is -0.577. The van der Waals surface area contributed by atoms with Gasteiger partial charge in [0.15, 0.2) is 18.2 Å². The molecule has 8 heteroatoms. The molecule has 1 aliphatic carbocycles. The second kappa shape index (κ2) is 8.31. The van der Waals surface area contributed by atoms with Crippen LogP contribution in [0.4, 0.5) is 0 Å². The number of fused-ring (bicyclic) bond motifs is 2. The number of aliphatic hydroxyl groups excluding tert-OH is 2. The van der Waals surface area contributed by atoms with Crippen molar-refractivity contribution in [2.24, 2.45) is 23.7 Å². The summed E-state index contributed by atoms with van der Waals surface area (Å²) in [6.45, 7) is 8.82. The molecular weight excluding hydrogens is 378 g/mol. The van der Waals surface area contributed by atoms with E-state index < -0.39 is 30.1 Å². The first kappa shape index (κ1) is 21.9. The lowest BCUT2D eigenvalue weighted by Gasteiger charge is -2.60. The van der Waals surface area contributed by atoms with Crippen LogP contribution in [0.15, 0.2) is 0 Å². The molecule has 0 aromatic heterocycles. The molecule has 0 aromatic rings. The first-order valence-corrected chi connectivity index (χ1v) is 11.1. The van der Waals surface area contributed by atoms with Gasteiger partial charge in [0.2, 0.25) is 5.79 Å². The molecule has 0 aromatic carbocycles. The Hall–Kier alpha value is -0.320. The summed E-state index contributed by atoms with van der Waals surface area (Å²) in [5, 5.41) is 22.4. The lowest BCUT2D eigenvalue weighted by atomic mass is 9.58. The molecule has 5 aliphatic rings. The Bertz CT molecular complexity index is 579. The molecule has 1 saturated carbocycles. The van der Waals surface area contributed by atoms with Gasteiger partial charge in [0.05, 0.1) is 19.3 Å². The Labute approximate surface area is 173 Å². The largest absolute Gasteiger partial charge is 0.395 e. The molecule has 3 unspecified atom stereocenters. The molecule has 10 atom stereocenters. The van der Waals surface area contributed by atoms with Crippen molar-refractivity contribution in [3.63, 3.8) is 0 Å². The molecular formula is C21H37NO7. The number of rotatable bonds is 7. The van der Waals surface area contributed by atoms with E-state index in [0.717, 1.165) is 25.7 Å². The maximum atomic E-state index is 10.4. The van der Waals surface area contributed by atoms with E-state index in [-0.39, 0.29) is 31.1 Å². The van der Waals surface area contributed by atoms with Crippen LogP contribution in [0.5, 0.6) is 0 Å². The molecule has 4 aliphatic heterocycles. The second-order valence-electron chi connectivity index (χ2n) is 9.64. The van der Waals surface area contributed by atoms with Gasteiger partial charge in [0, 0.05) is 30.8 Å². The minimum atomic E-state index is -0.801. The molecule has 2 bridgehead atoms. The van der Waals surface area contributed by atoms with Crippen molar-refractivity contribution < 1.29 is 34.2 Å². The fourth-order valence-electron chi connectivity index (χ4n) is 5.83. The van der Waals surface area contributed by atoms with Gasteiger partial charge in [0.25, 0.3) is 0 Å². The van der Waals surface area contributed by atoms with Crippen LogP contribution in [-0.4, -0.2) is 66.1 Å². The number of aliphatic hydroxyl groups is 2. The minimum absolute atomic E-state index is 0.0316. The molecule has 168 valence electrons. The summed E-state index contributed by atoms with van der Waals surface area (Å²) >= 11 is 0. The number of hydrogen-bond donors (Lipinski definition) is 3. The molecule has 8 nitrogen and oxygen atoms in total. The van der Waals surface area contributed by atoms with Crippen LogP contribution < -0.4 is 5.32 Å². The van der Waals surface area contributed by atoms with Crippen molar-refractivity contribution in [2.45, 2.75) is 89.5 Å². The van der Waals surface area contributed by atoms with E-state index in [4.69, 9.17) is 29.1 Å². The van der Waals surface area contributed by atoms with Crippen LogP contribution in [0.3, 0.4) is 0 Å². The predicted molar refractivity (Wildman–Crippen MR) is 103 cm³/mol. The van der Waals surface area contributed by atoms with Crippen LogP contribution in [-0.2, 0) is 24.0 Å². The number of ether oxygens (including phenoxy) is 3. The summed E-state index contributed by atoms with van der Waals surface area (Å²) in [5.74, 6) is 0.341. The molecule has 4 heterocycles. The van der Waals surface area contributed by atoms with Crippen molar-refractivity contribution in [3.8, 4) is 0 Å². The van der Waals surface area contributed by atoms with Gasteiger partial charge in [-0.3, -0.25) is 0 Å². The smallest absolute Gasteiger partial charge is 0.201 e. The summed E-state index contributed by atoms with van der Waals surface area (Å²) in [5.41, 5.74) is -0.596. The SMILES string of the molecule is CC(NCCO)C(O)COC1O[C@@H]2O[C@]3(C)CC[C@H]4[C@H](C)CC[C@@H]([C@H]1C)[C@@]24OO3. The molecule has 5 rings (SSSR count). The molecule has 3 N–H and O–H groups in total. The quantitative estimate of drug-likeness (QED) is 0.539. The maximum Gasteiger partial charge on any atom is 0.201 e. The van der Waals surface area contributed by atoms with Gasteiger partial charge >= 0.3 is 0 Å². The normalized spacial score (nSPS) is 48.6. The Morgan fingerprint density at radius 3 is 2.72 bits per heavy atom. The topological polar surface area (TPSA) is 98.6 Å². The van der Waals surface area contributed by atoms with Crippen LogP contribution in [0.1, 0.15) is 53.4 Å². The van der Waals surface area contributed by atoms with Gasteiger partial charge in [-0.15, -0.1) is 0 Å². The summed E-state index contributed by atoms with van der Waals surface area (Å²) in [6.07, 6.45) is 2.23. The van der Waals surface area contributed by atoms with Gasteiger partial charge in [0.1, 0.15) is 0 Å². The zero-order valence-electron chi connectivity index (χ0n) is 18.0. The standard InChI is InChI=1S/C21H37NO7/c1-12-5-6-16-13(2)18(25-11-17(24)14(3)22-9-10-23)26-19-21(16)15(12)7-8-20(4,27-19)28-29-21/h12-19,22-24H,5-11H2,1-4H3/t12-,13-,14?,15+,16+,17?,18?,19-,20+,21-/m1/s1. The summed E-state index contributed by atoms with van der Waals surface area (Å²) < 4.78 is 18.7. The number of hydrogen-bond acceptors (Lipinski definition) is 8. The zero-order valence-corrected chi connectivity index (χ0v) is 18.0. The van der Waals surface area contributed by atoms with E-state index >= 15 is 0 Å². The Balaban J connectivity index is 1.49. The van der Waals surface area contributed by atoms with E-state index in [0.29, 0.717) is 18.4 Å². The third kappa shape index (κ3) is 3.76. The average molecular weight is 416 g/mol. The Morgan fingerprint density at radius 2 is 1.97 bits per heavy atom. The molecule has 5 fully saturated rings. The number of nitrogens with one attached hydrogen (secondary N) is 1. The molecule has 1 spiro atoms. The van der Waals surface area contributed by atoms with E-state index in [1.165, 1.54) is 0 Å². The maximum absolute atomic E-state index is 10.4. The van der Waals surface area contributed by atoms with Crippen LogP contribution >= 0.6 is 0 Å². The Kier molecular flexibility index (Phi) is 6.28. The highest BCUT2D eigenvalue weighted by Gasteiger charge is 2.69. The van der Waals surface area contributed by atoms with Gasteiger partial charge < -0.3 is 29.7 Å². The first-order chi connectivity index (χ1) is 13.8. The van der Waals surface area contributed by atoms with Crippen molar-refractivity contribution in [2.75, 3.05) is 19.8 Å². The van der Waals surface area contributed by atoms with E-state index in [1.54, 1.807) is 0 Å². The fraction of sp³-hybridized carbons (Fsp3) is 1.00. The van der Waals surface area contributed by atoms with Gasteiger partial charge in [-0.1, -0.05) is 13.8 Å². The minimum Gasteiger partial charge on any atom is -0.395 e. The van der Waals surface area contributed by atoms with Gasteiger partial charge in [-0.25, -0.2) is 9.78 Å². The van der Waals surface area contributed by atoms with Crippen molar-refractivity contribution in [3.05, 3.63) is 0 Å². The third-order valence-corrected chi connectivity index (χ3v) is 7.68. The first-order valence-electron chi connectivity index (χ1n) is 11.1. The van der Waals surface area contributed by atoms with Crippen LogP contribution in [0.25, 0.3) is 0 Å². The molecule has 29 heavy (non-hydrogen) atoms. The van der Waals surface area contributed by atoms with Crippen LogP contribution in [0.2, 0.25) is 0 Å². The predicted octanol–water partition coefficient (Wildman–Crippen LogP) is 1.54. The van der Waals surface area contributed by atoms with E-state index in [1.807, 2.05) is 13.8 Å². The third-order valence-electron chi connectivity index (χ3n) is 7.68. The zero-order chi connectivity index (χ0) is 20.8. The lowest BCUT2D eigenvalue weighted by Crippen LogP contribution is -2.70. The molecule has 0 amide bonds.